The van der Waals surface area contributed by atoms with Crippen molar-refractivity contribution in [2.24, 2.45) is 0 Å². The minimum atomic E-state index is -0.409. The summed E-state index contributed by atoms with van der Waals surface area (Å²) in [6.07, 6.45) is 1.01. The third-order valence-corrected chi connectivity index (χ3v) is 8.08. The van der Waals surface area contributed by atoms with Crippen LogP contribution in [-0.4, -0.2) is 65.8 Å². The second-order valence-electron chi connectivity index (χ2n) is 8.73. The predicted octanol–water partition coefficient (Wildman–Crippen LogP) is 3.53. The summed E-state index contributed by atoms with van der Waals surface area (Å²) in [6, 6.07) is 15.8. The Kier molecular flexibility index (Phi) is 6.08. The molecular formula is C26H29N3O3S. The van der Waals surface area contributed by atoms with Crippen molar-refractivity contribution in [3.8, 4) is 5.75 Å². The SMILES string of the molecule is CCc1sc2ccccc2c1CN1CCN2C(=O)CN(Cc3ccc(OC)cc3)C(=O)C2C1. The minimum Gasteiger partial charge on any atom is -0.497 e. The summed E-state index contributed by atoms with van der Waals surface area (Å²) in [5.41, 5.74) is 2.37. The smallest absolute Gasteiger partial charge is 0.247 e. The largest absolute Gasteiger partial charge is 0.497 e. The Balaban J connectivity index is 1.32. The van der Waals surface area contributed by atoms with E-state index >= 15 is 0 Å². The number of amides is 2. The van der Waals surface area contributed by atoms with Crippen LogP contribution in [0.2, 0.25) is 0 Å². The Morgan fingerprint density at radius 1 is 1.03 bits per heavy atom. The molecule has 7 heteroatoms. The molecule has 1 unspecified atom stereocenters. The van der Waals surface area contributed by atoms with Gasteiger partial charge in [-0.3, -0.25) is 14.5 Å². The maximum Gasteiger partial charge on any atom is 0.247 e. The fourth-order valence-corrected chi connectivity index (χ4v) is 6.11. The number of piperazine rings is 2. The number of hydrogen-bond donors (Lipinski definition) is 0. The number of thiophene rings is 1. The van der Waals surface area contributed by atoms with Crippen molar-refractivity contribution in [1.82, 2.24) is 14.7 Å². The Labute approximate surface area is 198 Å². The molecule has 0 spiro atoms. The zero-order chi connectivity index (χ0) is 22.9. The highest BCUT2D eigenvalue weighted by atomic mass is 32.1. The second-order valence-corrected chi connectivity index (χ2v) is 9.87. The van der Waals surface area contributed by atoms with E-state index in [9.17, 15) is 9.59 Å². The standard InChI is InChI=1S/C26H29N3O3S/c1-3-23-21(20-6-4-5-7-24(20)33-23)15-27-12-13-29-22(16-27)26(31)28(17-25(29)30)14-18-8-10-19(32-2)11-9-18/h4-11,22H,3,12-17H2,1-2H3. The first-order valence-electron chi connectivity index (χ1n) is 11.5. The number of nitrogens with zero attached hydrogens (tertiary/aromatic N) is 3. The lowest BCUT2D eigenvalue weighted by atomic mass is 10.0. The number of carbonyl (C=O) groups excluding carboxylic acids is 2. The van der Waals surface area contributed by atoms with E-state index in [-0.39, 0.29) is 18.4 Å². The number of ether oxygens (including phenoxy) is 1. The molecule has 3 aromatic rings. The molecule has 1 atom stereocenters. The summed E-state index contributed by atoms with van der Waals surface area (Å²) < 4.78 is 6.54. The molecule has 2 fully saturated rings. The van der Waals surface area contributed by atoms with Crippen LogP contribution in [0.3, 0.4) is 0 Å². The van der Waals surface area contributed by atoms with Crippen LogP contribution in [0.5, 0.6) is 5.75 Å². The van der Waals surface area contributed by atoms with Crippen LogP contribution in [-0.2, 0) is 29.1 Å². The first kappa shape index (κ1) is 21.9. The highest BCUT2D eigenvalue weighted by Gasteiger charge is 2.42. The van der Waals surface area contributed by atoms with Gasteiger partial charge in [-0.15, -0.1) is 11.3 Å². The summed E-state index contributed by atoms with van der Waals surface area (Å²) in [4.78, 5) is 33.5. The fourth-order valence-electron chi connectivity index (χ4n) is 4.95. The van der Waals surface area contributed by atoms with Crippen molar-refractivity contribution in [1.29, 1.82) is 0 Å². The van der Waals surface area contributed by atoms with Crippen LogP contribution in [0, 0.1) is 0 Å². The minimum absolute atomic E-state index is 0.0426. The number of aryl methyl sites for hydroxylation is 1. The molecule has 0 N–H and O–H groups in total. The van der Waals surface area contributed by atoms with Crippen molar-refractivity contribution < 1.29 is 14.3 Å². The Morgan fingerprint density at radius 3 is 2.58 bits per heavy atom. The van der Waals surface area contributed by atoms with Gasteiger partial charge in [-0.1, -0.05) is 37.3 Å². The van der Waals surface area contributed by atoms with Gasteiger partial charge in [0.2, 0.25) is 11.8 Å². The number of fused-ring (bicyclic) bond motifs is 2. The molecule has 0 aliphatic carbocycles. The highest BCUT2D eigenvalue weighted by Crippen LogP contribution is 2.33. The topological polar surface area (TPSA) is 53.1 Å². The molecule has 2 saturated heterocycles. The van der Waals surface area contributed by atoms with E-state index in [0.717, 1.165) is 30.8 Å². The first-order valence-corrected chi connectivity index (χ1v) is 12.3. The van der Waals surface area contributed by atoms with Crippen molar-refractivity contribution in [2.45, 2.75) is 32.5 Å². The first-order chi connectivity index (χ1) is 16.1. The second kappa shape index (κ2) is 9.15. The van der Waals surface area contributed by atoms with E-state index in [1.807, 2.05) is 35.6 Å². The number of benzene rings is 2. The molecule has 2 aliphatic heterocycles. The molecule has 5 rings (SSSR count). The van der Waals surface area contributed by atoms with Gasteiger partial charge >= 0.3 is 0 Å². The zero-order valence-corrected chi connectivity index (χ0v) is 19.9. The van der Waals surface area contributed by atoms with Gasteiger partial charge in [0.1, 0.15) is 18.3 Å². The summed E-state index contributed by atoms with van der Waals surface area (Å²) in [7, 11) is 1.63. The number of methoxy groups -OCH3 is 1. The molecular weight excluding hydrogens is 434 g/mol. The van der Waals surface area contributed by atoms with E-state index < -0.39 is 6.04 Å². The summed E-state index contributed by atoms with van der Waals surface area (Å²) in [5, 5.41) is 1.31. The van der Waals surface area contributed by atoms with Gasteiger partial charge in [0.15, 0.2) is 0 Å². The monoisotopic (exact) mass is 463 g/mol. The summed E-state index contributed by atoms with van der Waals surface area (Å²) >= 11 is 1.87. The molecule has 2 aliphatic rings. The lowest BCUT2D eigenvalue weighted by molar-refractivity contribution is -0.160. The zero-order valence-electron chi connectivity index (χ0n) is 19.1. The molecule has 3 heterocycles. The number of rotatable bonds is 6. The average Bonchev–Trinajstić information content (AvgIpc) is 3.20. The maximum atomic E-state index is 13.4. The average molecular weight is 464 g/mol. The van der Waals surface area contributed by atoms with Gasteiger partial charge in [0.25, 0.3) is 0 Å². The molecule has 0 saturated carbocycles. The molecule has 172 valence electrons. The lowest BCUT2D eigenvalue weighted by Gasteiger charge is -2.46. The lowest BCUT2D eigenvalue weighted by Crippen LogP contribution is -2.66. The third-order valence-electron chi connectivity index (χ3n) is 6.72. The summed E-state index contributed by atoms with van der Waals surface area (Å²) in [6.45, 7) is 5.59. The Hall–Kier alpha value is -2.90. The molecule has 0 bridgehead atoms. The highest BCUT2D eigenvalue weighted by molar-refractivity contribution is 7.19. The van der Waals surface area contributed by atoms with Crippen molar-refractivity contribution in [2.75, 3.05) is 33.3 Å². The van der Waals surface area contributed by atoms with Gasteiger partial charge in [0.05, 0.1) is 7.11 Å². The Morgan fingerprint density at radius 2 is 1.82 bits per heavy atom. The van der Waals surface area contributed by atoms with E-state index in [1.165, 1.54) is 20.5 Å². The summed E-state index contributed by atoms with van der Waals surface area (Å²) in [5.74, 6) is 0.866. The molecule has 33 heavy (non-hydrogen) atoms. The van der Waals surface area contributed by atoms with Gasteiger partial charge in [-0.05, 0) is 41.1 Å². The van der Waals surface area contributed by atoms with Crippen LogP contribution < -0.4 is 4.74 Å². The van der Waals surface area contributed by atoms with Crippen LogP contribution in [0.25, 0.3) is 10.1 Å². The van der Waals surface area contributed by atoms with Crippen molar-refractivity contribution in [3.05, 3.63) is 64.5 Å². The quantitative estimate of drug-likeness (QED) is 0.561. The Bertz CT molecular complexity index is 1170. The third kappa shape index (κ3) is 4.23. The van der Waals surface area contributed by atoms with Gasteiger partial charge in [-0.25, -0.2) is 0 Å². The van der Waals surface area contributed by atoms with Gasteiger partial charge in [-0.2, -0.15) is 0 Å². The molecule has 2 aromatic carbocycles. The van der Waals surface area contributed by atoms with E-state index in [4.69, 9.17) is 4.74 Å². The van der Waals surface area contributed by atoms with Crippen LogP contribution in [0.4, 0.5) is 0 Å². The number of carbonyl (C=O) groups is 2. The van der Waals surface area contributed by atoms with Crippen molar-refractivity contribution >= 4 is 33.2 Å². The van der Waals surface area contributed by atoms with E-state index in [2.05, 4.69) is 36.1 Å². The molecule has 6 nitrogen and oxygen atoms in total. The van der Waals surface area contributed by atoms with Crippen LogP contribution >= 0.6 is 11.3 Å². The molecule has 2 amide bonds. The van der Waals surface area contributed by atoms with Gasteiger partial charge < -0.3 is 14.5 Å². The van der Waals surface area contributed by atoms with Crippen molar-refractivity contribution in [3.63, 3.8) is 0 Å². The van der Waals surface area contributed by atoms with Crippen LogP contribution in [0.1, 0.15) is 22.9 Å². The predicted molar refractivity (Wildman–Crippen MR) is 130 cm³/mol. The normalized spacial score (nSPS) is 19.3. The molecule has 0 radical (unpaired) electrons. The van der Waals surface area contributed by atoms with E-state index in [0.29, 0.717) is 19.6 Å². The number of hydrogen-bond acceptors (Lipinski definition) is 5. The van der Waals surface area contributed by atoms with Gasteiger partial charge in [0, 0.05) is 42.3 Å². The van der Waals surface area contributed by atoms with Crippen LogP contribution in [0.15, 0.2) is 48.5 Å². The maximum absolute atomic E-state index is 13.4. The molecule has 1 aromatic heterocycles. The van der Waals surface area contributed by atoms with E-state index in [1.54, 1.807) is 16.9 Å². The fraction of sp³-hybridized carbons (Fsp3) is 0.385.